The fourth-order valence-corrected chi connectivity index (χ4v) is 3.88. The van der Waals surface area contributed by atoms with Crippen molar-refractivity contribution in [1.29, 1.82) is 0 Å². The Labute approximate surface area is 167 Å². The quantitative estimate of drug-likeness (QED) is 0.547. The molecule has 0 amide bonds. The first kappa shape index (κ1) is 18.8. The van der Waals surface area contributed by atoms with Crippen molar-refractivity contribution in [3.05, 3.63) is 89.0 Å². The van der Waals surface area contributed by atoms with E-state index in [1.54, 1.807) is 36.7 Å². The smallest absolute Gasteiger partial charge is 0.267 e. The van der Waals surface area contributed by atoms with Gasteiger partial charge in [0.1, 0.15) is 0 Å². The van der Waals surface area contributed by atoms with Gasteiger partial charge in [-0.1, -0.05) is 24.3 Å². The highest BCUT2D eigenvalue weighted by molar-refractivity contribution is 7.89. The molecule has 8 heteroatoms. The number of hydrogen-bond acceptors (Lipinski definition) is 6. The summed E-state index contributed by atoms with van der Waals surface area (Å²) in [6, 6.07) is 17.7. The van der Waals surface area contributed by atoms with Gasteiger partial charge < -0.3 is 5.32 Å². The van der Waals surface area contributed by atoms with Gasteiger partial charge in [-0.05, 0) is 42.0 Å². The zero-order chi connectivity index (χ0) is 20.4. The van der Waals surface area contributed by atoms with E-state index in [1.165, 1.54) is 10.8 Å². The molecule has 0 saturated heterocycles. The monoisotopic (exact) mass is 406 g/mol. The third kappa shape index (κ3) is 4.17. The van der Waals surface area contributed by atoms with Crippen molar-refractivity contribution in [1.82, 2.24) is 14.5 Å². The standard InChI is InChI=1S/C21H18N4O3S/c1-29(27,28)14-15-9-10-19-18(12-15)20(26)25(17-7-3-2-4-8-17)21(24-19)23-16-6-5-11-22-13-16/h2-13H,14H2,1H3,(H,23,24). The van der Waals surface area contributed by atoms with E-state index in [9.17, 15) is 13.2 Å². The van der Waals surface area contributed by atoms with E-state index in [2.05, 4.69) is 15.3 Å². The maximum atomic E-state index is 13.4. The van der Waals surface area contributed by atoms with Crippen molar-refractivity contribution in [2.75, 3.05) is 11.6 Å². The number of benzene rings is 2. The van der Waals surface area contributed by atoms with Gasteiger partial charge in [0, 0.05) is 12.5 Å². The SMILES string of the molecule is CS(=O)(=O)Cc1ccc2nc(Nc3cccnc3)n(-c3ccccc3)c(=O)c2c1. The van der Waals surface area contributed by atoms with Crippen LogP contribution in [0.1, 0.15) is 5.56 Å². The Morgan fingerprint density at radius 3 is 2.52 bits per heavy atom. The number of para-hydroxylation sites is 1. The summed E-state index contributed by atoms with van der Waals surface area (Å²) in [6.07, 6.45) is 4.46. The maximum Gasteiger partial charge on any atom is 0.267 e. The molecule has 0 fully saturated rings. The molecule has 1 N–H and O–H groups in total. The minimum absolute atomic E-state index is 0.136. The highest BCUT2D eigenvalue weighted by Gasteiger charge is 2.15. The first-order valence-electron chi connectivity index (χ1n) is 8.87. The lowest BCUT2D eigenvalue weighted by atomic mass is 10.1. The van der Waals surface area contributed by atoms with Crippen LogP contribution in [-0.4, -0.2) is 29.2 Å². The van der Waals surface area contributed by atoms with Gasteiger partial charge in [-0.2, -0.15) is 0 Å². The van der Waals surface area contributed by atoms with E-state index in [4.69, 9.17) is 0 Å². The predicted molar refractivity (Wildman–Crippen MR) is 113 cm³/mol. The topological polar surface area (TPSA) is 93.9 Å². The zero-order valence-corrected chi connectivity index (χ0v) is 16.4. The second kappa shape index (κ2) is 7.48. The zero-order valence-electron chi connectivity index (χ0n) is 15.6. The second-order valence-electron chi connectivity index (χ2n) is 6.70. The molecule has 0 radical (unpaired) electrons. The number of aromatic nitrogens is 3. The summed E-state index contributed by atoms with van der Waals surface area (Å²) in [4.78, 5) is 22.1. The molecule has 0 bridgehead atoms. The normalized spacial score (nSPS) is 11.5. The van der Waals surface area contributed by atoms with Gasteiger partial charge in [0.05, 0.1) is 34.2 Å². The average Bonchev–Trinajstić information content (AvgIpc) is 2.69. The van der Waals surface area contributed by atoms with Crippen LogP contribution in [0.15, 0.2) is 77.9 Å². The summed E-state index contributed by atoms with van der Waals surface area (Å²) in [7, 11) is -3.22. The molecule has 0 aliphatic carbocycles. The van der Waals surface area contributed by atoms with Gasteiger partial charge in [-0.3, -0.25) is 9.78 Å². The van der Waals surface area contributed by atoms with Crippen molar-refractivity contribution in [3.8, 4) is 5.69 Å². The molecule has 0 spiro atoms. The molecule has 2 heterocycles. The van der Waals surface area contributed by atoms with Crippen LogP contribution in [0.5, 0.6) is 0 Å². The van der Waals surface area contributed by atoms with Gasteiger partial charge in [-0.25, -0.2) is 18.0 Å². The number of nitrogens with zero attached hydrogens (tertiary/aromatic N) is 3. The highest BCUT2D eigenvalue weighted by atomic mass is 32.2. The second-order valence-corrected chi connectivity index (χ2v) is 8.84. The predicted octanol–water partition coefficient (Wildman–Crippen LogP) is 3.07. The van der Waals surface area contributed by atoms with Crippen molar-refractivity contribution in [3.63, 3.8) is 0 Å². The van der Waals surface area contributed by atoms with E-state index in [0.29, 0.717) is 33.8 Å². The molecular formula is C21H18N4O3S. The number of fused-ring (bicyclic) bond motifs is 1. The van der Waals surface area contributed by atoms with Gasteiger partial charge in [0.15, 0.2) is 9.84 Å². The summed E-state index contributed by atoms with van der Waals surface area (Å²) >= 11 is 0. The molecule has 2 aromatic heterocycles. The Morgan fingerprint density at radius 1 is 1.03 bits per heavy atom. The Hall–Kier alpha value is -3.52. The first-order valence-corrected chi connectivity index (χ1v) is 10.9. The molecule has 0 unspecified atom stereocenters. The van der Waals surface area contributed by atoms with Crippen LogP contribution in [0.25, 0.3) is 16.6 Å². The van der Waals surface area contributed by atoms with Crippen molar-refractivity contribution < 1.29 is 8.42 Å². The van der Waals surface area contributed by atoms with Crippen molar-refractivity contribution in [2.45, 2.75) is 5.75 Å². The number of pyridine rings is 1. The molecule has 0 saturated carbocycles. The molecule has 2 aromatic carbocycles. The number of anilines is 2. The highest BCUT2D eigenvalue weighted by Crippen LogP contribution is 2.21. The van der Waals surface area contributed by atoms with E-state index in [-0.39, 0.29) is 11.3 Å². The third-order valence-corrected chi connectivity index (χ3v) is 5.15. The maximum absolute atomic E-state index is 13.4. The van der Waals surface area contributed by atoms with Crippen LogP contribution < -0.4 is 10.9 Å². The molecule has 7 nitrogen and oxygen atoms in total. The molecule has 4 aromatic rings. The Balaban J connectivity index is 1.94. The van der Waals surface area contributed by atoms with Crippen LogP contribution in [0, 0.1) is 0 Å². The first-order chi connectivity index (χ1) is 13.9. The molecule has 29 heavy (non-hydrogen) atoms. The average molecular weight is 406 g/mol. The van der Waals surface area contributed by atoms with Crippen LogP contribution in [0.3, 0.4) is 0 Å². The van der Waals surface area contributed by atoms with Crippen molar-refractivity contribution in [2.24, 2.45) is 0 Å². The Kier molecular flexibility index (Phi) is 4.85. The summed E-state index contributed by atoms with van der Waals surface area (Å²) in [5.41, 5.74) is 2.07. The van der Waals surface area contributed by atoms with Crippen LogP contribution in [-0.2, 0) is 15.6 Å². The van der Waals surface area contributed by atoms with Crippen LogP contribution >= 0.6 is 0 Å². The summed E-state index contributed by atoms with van der Waals surface area (Å²) in [5, 5.41) is 3.50. The van der Waals surface area contributed by atoms with Gasteiger partial charge in [-0.15, -0.1) is 0 Å². The third-order valence-electron chi connectivity index (χ3n) is 4.29. The van der Waals surface area contributed by atoms with E-state index in [0.717, 1.165) is 0 Å². The summed E-state index contributed by atoms with van der Waals surface area (Å²) in [5.74, 6) is 0.209. The summed E-state index contributed by atoms with van der Waals surface area (Å²) < 4.78 is 24.8. The lowest BCUT2D eigenvalue weighted by Gasteiger charge is -2.15. The molecule has 0 aliphatic rings. The lowest BCUT2D eigenvalue weighted by Crippen LogP contribution is -2.23. The molecule has 4 rings (SSSR count). The van der Waals surface area contributed by atoms with E-state index < -0.39 is 9.84 Å². The van der Waals surface area contributed by atoms with Crippen LogP contribution in [0.4, 0.5) is 11.6 Å². The summed E-state index contributed by atoms with van der Waals surface area (Å²) in [6.45, 7) is 0. The molecule has 0 atom stereocenters. The molecular weight excluding hydrogens is 388 g/mol. The molecule has 146 valence electrons. The fourth-order valence-electron chi connectivity index (χ4n) is 3.09. The molecule has 0 aliphatic heterocycles. The van der Waals surface area contributed by atoms with E-state index in [1.807, 2.05) is 36.4 Å². The number of nitrogens with one attached hydrogen (secondary N) is 1. The van der Waals surface area contributed by atoms with Crippen LogP contribution in [0.2, 0.25) is 0 Å². The fraction of sp³-hybridized carbons (Fsp3) is 0.0952. The Bertz CT molecular complexity index is 1340. The van der Waals surface area contributed by atoms with Gasteiger partial charge >= 0.3 is 0 Å². The number of hydrogen-bond donors (Lipinski definition) is 1. The van der Waals surface area contributed by atoms with Crippen molar-refractivity contribution >= 4 is 32.4 Å². The number of rotatable bonds is 5. The van der Waals surface area contributed by atoms with Gasteiger partial charge in [0.2, 0.25) is 5.95 Å². The minimum Gasteiger partial charge on any atom is -0.324 e. The number of sulfone groups is 1. The Morgan fingerprint density at radius 2 is 1.83 bits per heavy atom. The van der Waals surface area contributed by atoms with Gasteiger partial charge in [0.25, 0.3) is 5.56 Å². The largest absolute Gasteiger partial charge is 0.324 e. The minimum atomic E-state index is -3.22. The van der Waals surface area contributed by atoms with E-state index >= 15 is 0 Å². The lowest BCUT2D eigenvalue weighted by molar-refractivity contribution is 0.601.